The summed E-state index contributed by atoms with van der Waals surface area (Å²) in [5.41, 5.74) is 12.7. The zero-order valence-electron chi connectivity index (χ0n) is 19.9. The third kappa shape index (κ3) is 2.73. The number of fused-ring (bicyclic) bond motifs is 10. The number of benzene rings is 5. The van der Waals surface area contributed by atoms with Gasteiger partial charge in [-0.3, -0.25) is 0 Å². The molecule has 0 atom stereocenters. The Bertz CT molecular complexity index is 1780. The maximum Gasteiger partial charge on any atom is 0.0740 e. The second kappa shape index (κ2) is 7.79. The SMILES string of the molecule is Clc1ccc2c(c1)-c1c(-c3ccccc3)sc(-c3ccccc3)c1C21c2ccccc2-c2ccccc21. The Labute approximate surface area is 225 Å². The lowest BCUT2D eigenvalue weighted by molar-refractivity contribution is 0.798. The zero-order valence-corrected chi connectivity index (χ0v) is 21.5. The van der Waals surface area contributed by atoms with E-state index in [-0.39, 0.29) is 0 Å². The van der Waals surface area contributed by atoms with Crippen LogP contribution in [0, 0.1) is 0 Å². The number of rotatable bonds is 2. The van der Waals surface area contributed by atoms with Gasteiger partial charge in [-0.1, -0.05) is 127 Å². The highest BCUT2D eigenvalue weighted by atomic mass is 35.5. The molecule has 0 amide bonds. The molecule has 0 N–H and O–H groups in total. The van der Waals surface area contributed by atoms with Crippen LogP contribution >= 0.6 is 22.9 Å². The van der Waals surface area contributed by atoms with Crippen LogP contribution in [-0.4, -0.2) is 0 Å². The number of halogens is 1. The van der Waals surface area contributed by atoms with Crippen LogP contribution in [0.4, 0.5) is 0 Å². The van der Waals surface area contributed by atoms with Crippen LogP contribution in [0.25, 0.3) is 43.1 Å². The molecule has 0 radical (unpaired) electrons. The molecule has 2 aliphatic rings. The molecule has 5 aromatic carbocycles. The summed E-state index contributed by atoms with van der Waals surface area (Å²) < 4.78 is 0. The van der Waals surface area contributed by atoms with E-state index in [2.05, 4.69) is 127 Å². The minimum atomic E-state index is -0.392. The largest absolute Gasteiger partial charge is 0.134 e. The molecular formula is C35H21ClS. The molecule has 1 spiro atoms. The third-order valence-corrected chi connectivity index (χ3v) is 9.49. The maximum absolute atomic E-state index is 6.71. The van der Waals surface area contributed by atoms with Gasteiger partial charge in [-0.05, 0) is 62.2 Å². The van der Waals surface area contributed by atoms with E-state index in [4.69, 9.17) is 11.6 Å². The van der Waals surface area contributed by atoms with Gasteiger partial charge in [0.05, 0.1) is 5.41 Å². The first-order chi connectivity index (χ1) is 18.3. The summed E-state index contributed by atoms with van der Waals surface area (Å²) in [6.45, 7) is 0. The first kappa shape index (κ1) is 21.2. The molecule has 174 valence electrons. The molecule has 0 fully saturated rings. The number of thiophene rings is 1. The summed E-state index contributed by atoms with van der Waals surface area (Å²) in [4.78, 5) is 2.63. The van der Waals surface area contributed by atoms with Gasteiger partial charge in [0.15, 0.2) is 0 Å². The highest BCUT2D eigenvalue weighted by Crippen LogP contribution is 2.68. The van der Waals surface area contributed by atoms with E-state index in [9.17, 15) is 0 Å². The minimum absolute atomic E-state index is 0.392. The lowest BCUT2D eigenvalue weighted by Gasteiger charge is -2.31. The van der Waals surface area contributed by atoms with Crippen molar-refractivity contribution < 1.29 is 0 Å². The summed E-state index contributed by atoms with van der Waals surface area (Å²) in [7, 11) is 0. The average molecular weight is 509 g/mol. The van der Waals surface area contributed by atoms with Crippen LogP contribution in [0.3, 0.4) is 0 Å². The lowest BCUT2D eigenvalue weighted by Crippen LogP contribution is -2.26. The fraction of sp³-hybridized carbons (Fsp3) is 0.0286. The van der Waals surface area contributed by atoms with Crippen LogP contribution in [0.2, 0.25) is 5.02 Å². The third-order valence-electron chi connectivity index (χ3n) is 7.96. The quantitative estimate of drug-likeness (QED) is 0.218. The van der Waals surface area contributed by atoms with Crippen molar-refractivity contribution in [3.8, 4) is 43.1 Å². The van der Waals surface area contributed by atoms with Gasteiger partial charge in [-0.15, -0.1) is 11.3 Å². The van der Waals surface area contributed by atoms with E-state index in [1.54, 1.807) is 0 Å². The van der Waals surface area contributed by atoms with E-state index in [1.165, 1.54) is 65.4 Å². The standard InChI is InChI=1S/C35H21ClS/c36-24-19-20-30-27(21-24)31-32(35(30)28-17-9-7-15-25(28)26-16-8-10-18-29(26)35)34(23-13-5-2-6-14-23)37-33(31)22-11-3-1-4-12-22/h1-21H. The van der Waals surface area contributed by atoms with Crippen molar-refractivity contribution in [2.24, 2.45) is 0 Å². The van der Waals surface area contributed by atoms with Crippen LogP contribution in [0.1, 0.15) is 22.3 Å². The molecule has 6 aromatic rings. The molecule has 0 saturated heterocycles. The number of hydrogen-bond donors (Lipinski definition) is 0. The predicted molar refractivity (Wildman–Crippen MR) is 156 cm³/mol. The Balaban J connectivity index is 1.61. The fourth-order valence-electron chi connectivity index (χ4n) is 6.61. The van der Waals surface area contributed by atoms with Gasteiger partial charge in [0.2, 0.25) is 0 Å². The van der Waals surface area contributed by atoms with Gasteiger partial charge < -0.3 is 0 Å². The Hall–Kier alpha value is -3.91. The van der Waals surface area contributed by atoms with Crippen molar-refractivity contribution in [3.05, 3.63) is 155 Å². The van der Waals surface area contributed by atoms with Gasteiger partial charge in [-0.2, -0.15) is 0 Å². The Morgan fingerprint density at radius 2 is 1.00 bits per heavy atom. The highest BCUT2D eigenvalue weighted by molar-refractivity contribution is 7.19. The second-order valence-electron chi connectivity index (χ2n) is 9.77. The van der Waals surface area contributed by atoms with Crippen LogP contribution in [0.5, 0.6) is 0 Å². The van der Waals surface area contributed by atoms with Crippen molar-refractivity contribution in [2.45, 2.75) is 5.41 Å². The Morgan fingerprint density at radius 1 is 0.486 bits per heavy atom. The molecule has 1 aromatic heterocycles. The molecule has 0 unspecified atom stereocenters. The van der Waals surface area contributed by atoms with Crippen molar-refractivity contribution >= 4 is 22.9 Å². The van der Waals surface area contributed by atoms with Crippen molar-refractivity contribution in [1.82, 2.24) is 0 Å². The molecule has 0 aliphatic heterocycles. The molecule has 2 aliphatic carbocycles. The van der Waals surface area contributed by atoms with E-state index in [1.807, 2.05) is 11.3 Å². The molecule has 0 bridgehead atoms. The van der Waals surface area contributed by atoms with E-state index in [0.29, 0.717) is 0 Å². The molecule has 37 heavy (non-hydrogen) atoms. The van der Waals surface area contributed by atoms with Gasteiger partial charge in [0.1, 0.15) is 0 Å². The van der Waals surface area contributed by atoms with Crippen molar-refractivity contribution in [2.75, 3.05) is 0 Å². The van der Waals surface area contributed by atoms with E-state index < -0.39 is 5.41 Å². The summed E-state index contributed by atoms with van der Waals surface area (Å²) in [5, 5.41) is 0.771. The van der Waals surface area contributed by atoms with Crippen LogP contribution in [-0.2, 0) is 5.41 Å². The van der Waals surface area contributed by atoms with E-state index >= 15 is 0 Å². The monoisotopic (exact) mass is 508 g/mol. The van der Waals surface area contributed by atoms with Crippen LogP contribution < -0.4 is 0 Å². The molecule has 2 heteroatoms. The normalized spacial score (nSPS) is 13.8. The molecule has 0 nitrogen and oxygen atoms in total. The summed E-state index contributed by atoms with van der Waals surface area (Å²) in [6, 6.07) is 46.1. The van der Waals surface area contributed by atoms with Gasteiger partial charge in [0, 0.05) is 20.3 Å². The predicted octanol–water partition coefficient (Wildman–Crippen LogP) is 10.1. The van der Waals surface area contributed by atoms with Crippen LogP contribution in [0.15, 0.2) is 127 Å². The molecule has 8 rings (SSSR count). The Morgan fingerprint density at radius 3 is 1.62 bits per heavy atom. The summed E-state index contributed by atoms with van der Waals surface area (Å²) >= 11 is 8.62. The van der Waals surface area contributed by atoms with Gasteiger partial charge >= 0.3 is 0 Å². The van der Waals surface area contributed by atoms with Gasteiger partial charge in [0.25, 0.3) is 0 Å². The lowest BCUT2D eigenvalue weighted by atomic mass is 9.70. The molecule has 1 heterocycles. The van der Waals surface area contributed by atoms with Gasteiger partial charge in [-0.25, -0.2) is 0 Å². The summed E-state index contributed by atoms with van der Waals surface area (Å²) in [5.74, 6) is 0. The zero-order chi connectivity index (χ0) is 24.6. The summed E-state index contributed by atoms with van der Waals surface area (Å²) in [6.07, 6.45) is 0. The van der Waals surface area contributed by atoms with Crippen molar-refractivity contribution in [3.63, 3.8) is 0 Å². The number of hydrogen-bond acceptors (Lipinski definition) is 1. The topological polar surface area (TPSA) is 0 Å². The first-order valence-corrected chi connectivity index (χ1v) is 13.8. The maximum atomic E-state index is 6.71. The molecular weight excluding hydrogens is 488 g/mol. The average Bonchev–Trinajstić information content (AvgIpc) is 3.58. The van der Waals surface area contributed by atoms with Crippen molar-refractivity contribution in [1.29, 1.82) is 0 Å². The fourth-order valence-corrected chi connectivity index (χ4v) is 8.17. The Kier molecular flexibility index (Phi) is 4.47. The highest BCUT2D eigenvalue weighted by Gasteiger charge is 2.54. The second-order valence-corrected chi connectivity index (χ2v) is 11.2. The molecule has 0 saturated carbocycles. The smallest absolute Gasteiger partial charge is 0.0740 e. The minimum Gasteiger partial charge on any atom is -0.134 e. The first-order valence-electron chi connectivity index (χ1n) is 12.6. The van der Waals surface area contributed by atoms with E-state index in [0.717, 1.165) is 5.02 Å².